The van der Waals surface area contributed by atoms with Crippen molar-refractivity contribution >= 4 is 5.52 Å². The maximum atomic E-state index is 9.49. The molecule has 1 fully saturated rings. The molecule has 4 heteroatoms. The van der Waals surface area contributed by atoms with E-state index in [9.17, 15) is 5.11 Å². The van der Waals surface area contributed by atoms with E-state index in [2.05, 4.69) is 23.0 Å². The minimum absolute atomic E-state index is 0.0533. The van der Waals surface area contributed by atoms with Crippen LogP contribution in [0.4, 0.5) is 0 Å². The Hall–Kier alpha value is -1.39. The lowest BCUT2D eigenvalue weighted by molar-refractivity contribution is 0.136. The summed E-state index contributed by atoms with van der Waals surface area (Å²) in [6.45, 7) is 4.48. The zero-order valence-corrected chi connectivity index (χ0v) is 12.1. The molecule has 108 valence electrons. The Morgan fingerprint density at radius 3 is 3.05 bits per heavy atom. The Kier molecular flexibility index (Phi) is 4.03. The van der Waals surface area contributed by atoms with Gasteiger partial charge in [-0.1, -0.05) is 19.4 Å². The van der Waals surface area contributed by atoms with Gasteiger partial charge in [-0.15, -0.1) is 0 Å². The van der Waals surface area contributed by atoms with Crippen molar-refractivity contribution in [1.82, 2.24) is 14.5 Å². The number of aliphatic hydroxyl groups is 1. The molecule has 0 aromatic carbocycles. The summed E-state index contributed by atoms with van der Waals surface area (Å²) < 4.78 is 1.88. The van der Waals surface area contributed by atoms with Crippen LogP contribution in [0.3, 0.4) is 0 Å². The molecule has 1 aliphatic rings. The van der Waals surface area contributed by atoms with Crippen LogP contribution < -0.4 is 0 Å². The Morgan fingerprint density at radius 2 is 2.25 bits per heavy atom. The molecule has 0 amide bonds. The zero-order chi connectivity index (χ0) is 13.9. The molecule has 2 aromatic heterocycles. The van der Waals surface area contributed by atoms with Crippen LogP contribution in [0.15, 0.2) is 24.5 Å². The maximum Gasteiger partial charge on any atom is 0.0761 e. The van der Waals surface area contributed by atoms with Crippen LogP contribution in [0.5, 0.6) is 0 Å². The smallest absolute Gasteiger partial charge is 0.0761 e. The van der Waals surface area contributed by atoms with Crippen molar-refractivity contribution in [3.63, 3.8) is 0 Å². The first-order valence-corrected chi connectivity index (χ1v) is 7.62. The number of nitrogens with zero attached hydrogens (tertiary/aromatic N) is 3. The number of aliphatic hydroxyl groups excluding tert-OH is 1. The summed E-state index contributed by atoms with van der Waals surface area (Å²) in [4.78, 5) is 2.59. The number of fused-ring (bicyclic) bond motifs is 1. The average Bonchev–Trinajstić information content (AvgIpc) is 2.92. The third-order valence-electron chi connectivity index (χ3n) is 4.46. The van der Waals surface area contributed by atoms with E-state index in [1.807, 2.05) is 16.8 Å². The molecule has 2 aromatic rings. The van der Waals surface area contributed by atoms with Crippen molar-refractivity contribution in [3.05, 3.63) is 35.7 Å². The minimum atomic E-state index is 0.0533. The molecule has 0 saturated carbocycles. The monoisotopic (exact) mass is 273 g/mol. The van der Waals surface area contributed by atoms with Gasteiger partial charge in [0.15, 0.2) is 0 Å². The van der Waals surface area contributed by atoms with Gasteiger partial charge < -0.3 is 5.11 Å². The van der Waals surface area contributed by atoms with Crippen LogP contribution in [0, 0.1) is 0 Å². The van der Waals surface area contributed by atoms with E-state index < -0.39 is 0 Å². The molecule has 20 heavy (non-hydrogen) atoms. The number of likely N-dealkylation sites (tertiary alicyclic amines) is 1. The largest absolute Gasteiger partial charge is 0.392 e. The number of piperidine rings is 1. The molecule has 0 bridgehead atoms. The summed E-state index contributed by atoms with van der Waals surface area (Å²) in [6.07, 6.45) is 8.90. The van der Waals surface area contributed by atoms with E-state index in [4.69, 9.17) is 0 Å². The molecule has 0 aliphatic carbocycles. The Morgan fingerprint density at radius 1 is 1.35 bits per heavy atom. The van der Waals surface area contributed by atoms with Crippen LogP contribution in [-0.2, 0) is 13.2 Å². The van der Waals surface area contributed by atoms with Gasteiger partial charge in [-0.2, -0.15) is 5.10 Å². The third kappa shape index (κ3) is 2.45. The second kappa shape index (κ2) is 5.94. The number of hydrogen-bond acceptors (Lipinski definition) is 3. The Bertz CT molecular complexity index is 578. The molecule has 1 unspecified atom stereocenters. The summed E-state index contributed by atoms with van der Waals surface area (Å²) in [7, 11) is 0. The molecule has 1 N–H and O–H groups in total. The van der Waals surface area contributed by atoms with Gasteiger partial charge in [0.05, 0.1) is 18.3 Å². The molecular weight excluding hydrogens is 250 g/mol. The Balaban J connectivity index is 1.91. The van der Waals surface area contributed by atoms with Gasteiger partial charge in [0.2, 0.25) is 0 Å². The topological polar surface area (TPSA) is 40.8 Å². The average molecular weight is 273 g/mol. The van der Waals surface area contributed by atoms with Gasteiger partial charge in [-0.05, 0) is 37.4 Å². The highest BCUT2D eigenvalue weighted by atomic mass is 16.3. The fourth-order valence-electron chi connectivity index (χ4n) is 3.38. The van der Waals surface area contributed by atoms with E-state index in [1.54, 1.807) is 6.20 Å². The van der Waals surface area contributed by atoms with E-state index in [1.165, 1.54) is 37.8 Å². The third-order valence-corrected chi connectivity index (χ3v) is 4.46. The maximum absolute atomic E-state index is 9.49. The van der Waals surface area contributed by atoms with Crippen LogP contribution in [0.1, 0.15) is 43.7 Å². The minimum Gasteiger partial charge on any atom is -0.392 e. The lowest BCUT2D eigenvalue weighted by atomic mass is 9.99. The fourth-order valence-corrected chi connectivity index (χ4v) is 3.38. The van der Waals surface area contributed by atoms with Crippen LogP contribution in [0.2, 0.25) is 0 Å². The van der Waals surface area contributed by atoms with Crippen LogP contribution >= 0.6 is 0 Å². The van der Waals surface area contributed by atoms with Crippen molar-refractivity contribution in [1.29, 1.82) is 0 Å². The highest BCUT2D eigenvalue weighted by molar-refractivity contribution is 5.60. The van der Waals surface area contributed by atoms with Gasteiger partial charge in [0.1, 0.15) is 0 Å². The van der Waals surface area contributed by atoms with Gasteiger partial charge in [-0.25, -0.2) is 4.52 Å². The van der Waals surface area contributed by atoms with Gasteiger partial charge >= 0.3 is 0 Å². The molecule has 1 aliphatic heterocycles. The van der Waals surface area contributed by atoms with Gasteiger partial charge in [0.25, 0.3) is 0 Å². The standard InChI is InChI=1S/C16H23N3O/c1-2-15-7-3-4-8-18(15)11-13-6-5-9-19-16(13)14(12-20)10-17-19/h5-6,9-10,15,20H,2-4,7-8,11-12H2,1H3. The van der Waals surface area contributed by atoms with Crippen LogP contribution in [0.25, 0.3) is 5.52 Å². The summed E-state index contributed by atoms with van der Waals surface area (Å²) in [5, 5.41) is 13.8. The second-order valence-electron chi connectivity index (χ2n) is 5.68. The molecule has 1 saturated heterocycles. The molecule has 3 heterocycles. The number of rotatable bonds is 4. The molecule has 0 spiro atoms. The molecule has 3 rings (SSSR count). The van der Waals surface area contributed by atoms with Gasteiger partial charge in [0, 0.05) is 24.3 Å². The summed E-state index contributed by atoms with van der Waals surface area (Å²) in [5.74, 6) is 0. The number of aromatic nitrogens is 2. The predicted octanol–water partition coefficient (Wildman–Crippen LogP) is 2.59. The summed E-state index contributed by atoms with van der Waals surface area (Å²) in [6, 6.07) is 4.91. The fraction of sp³-hybridized carbons (Fsp3) is 0.562. The summed E-state index contributed by atoms with van der Waals surface area (Å²) >= 11 is 0. The molecular formula is C16H23N3O. The Labute approximate surface area is 120 Å². The van der Waals surface area contributed by atoms with Crippen molar-refractivity contribution in [3.8, 4) is 0 Å². The molecule has 0 radical (unpaired) electrons. The number of pyridine rings is 1. The van der Waals surface area contributed by atoms with Crippen LogP contribution in [-0.4, -0.2) is 32.2 Å². The first kappa shape index (κ1) is 13.6. The summed E-state index contributed by atoms with van der Waals surface area (Å²) in [5.41, 5.74) is 3.27. The second-order valence-corrected chi connectivity index (χ2v) is 5.68. The SMILES string of the molecule is CCC1CCCCN1Cc1cccn2ncc(CO)c12. The van der Waals surface area contributed by atoms with Gasteiger partial charge in [-0.3, -0.25) is 4.90 Å². The van der Waals surface area contributed by atoms with E-state index in [0.717, 1.165) is 17.6 Å². The number of hydrogen-bond donors (Lipinski definition) is 1. The zero-order valence-electron chi connectivity index (χ0n) is 12.1. The quantitative estimate of drug-likeness (QED) is 0.931. The first-order valence-electron chi connectivity index (χ1n) is 7.62. The van der Waals surface area contributed by atoms with Crippen molar-refractivity contribution in [2.75, 3.05) is 6.54 Å². The van der Waals surface area contributed by atoms with E-state index in [0.29, 0.717) is 6.04 Å². The normalized spacial score (nSPS) is 20.6. The van der Waals surface area contributed by atoms with Crippen molar-refractivity contribution < 1.29 is 5.11 Å². The van der Waals surface area contributed by atoms with E-state index >= 15 is 0 Å². The molecule has 4 nitrogen and oxygen atoms in total. The highest BCUT2D eigenvalue weighted by Crippen LogP contribution is 2.24. The predicted molar refractivity (Wildman–Crippen MR) is 79.5 cm³/mol. The van der Waals surface area contributed by atoms with Crippen molar-refractivity contribution in [2.24, 2.45) is 0 Å². The lowest BCUT2D eigenvalue weighted by Gasteiger charge is -2.35. The first-order chi connectivity index (χ1) is 9.83. The molecule has 1 atom stereocenters. The highest BCUT2D eigenvalue weighted by Gasteiger charge is 2.22. The lowest BCUT2D eigenvalue weighted by Crippen LogP contribution is -2.38. The van der Waals surface area contributed by atoms with E-state index in [-0.39, 0.29) is 6.61 Å². The van der Waals surface area contributed by atoms with Crippen molar-refractivity contribution in [2.45, 2.75) is 51.8 Å².